The van der Waals surface area contributed by atoms with Crippen LogP contribution in [0.4, 0.5) is 5.69 Å². The van der Waals surface area contributed by atoms with Gasteiger partial charge in [0.25, 0.3) is 0 Å². The van der Waals surface area contributed by atoms with Crippen molar-refractivity contribution in [3.63, 3.8) is 0 Å². The Bertz CT molecular complexity index is 1030. The lowest BCUT2D eigenvalue weighted by atomic mass is 10.1. The molecule has 0 aliphatic heterocycles. The molecule has 0 radical (unpaired) electrons. The average molecular weight is 508 g/mol. The summed E-state index contributed by atoms with van der Waals surface area (Å²) in [6.45, 7) is 4.82. The van der Waals surface area contributed by atoms with Gasteiger partial charge in [-0.3, -0.25) is 13.9 Å². The highest BCUT2D eigenvalue weighted by molar-refractivity contribution is 7.92. The normalized spacial score (nSPS) is 12.1. The third-order valence-corrected chi connectivity index (χ3v) is 6.84. The standard InChI is InChI=1S/C25H34ClN3O4S/c1-4-17-27-25(31)23(5-2)28(19-20-13-15-21(26)16-14-20)24(30)12-9-18-29(34(3,32)33)22-10-7-6-8-11-22/h6-8,10-11,13-16,23H,4-5,9,12,17-19H2,1-3H3,(H,27,31). The van der Waals surface area contributed by atoms with Gasteiger partial charge in [-0.2, -0.15) is 0 Å². The molecule has 1 unspecified atom stereocenters. The molecule has 0 fully saturated rings. The van der Waals surface area contributed by atoms with Gasteiger partial charge < -0.3 is 10.2 Å². The van der Waals surface area contributed by atoms with Gasteiger partial charge >= 0.3 is 0 Å². The van der Waals surface area contributed by atoms with Crippen molar-refractivity contribution in [2.45, 2.75) is 52.1 Å². The van der Waals surface area contributed by atoms with E-state index in [2.05, 4.69) is 5.32 Å². The largest absolute Gasteiger partial charge is 0.354 e. The average Bonchev–Trinajstić information content (AvgIpc) is 2.81. The van der Waals surface area contributed by atoms with Crippen molar-refractivity contribution < 1.29 is 18.0 Å². The summed E-state index contributed by atoms with van der Waals surface area (Å²) in [5.41, 5.74) is 1.42. The maximum atomic E-state index is 13.3. The van der Waals surface area contributed by atoms with E-state index in [4.69, 9.17) is 11.6 Å². The Kier molecular flexibility index (Phi) is 10.9. The lowest BCUT2D eigenvalue weighted by Gasteiger charge is -2.31. The highest BCUT2D eigenvalue weighted by atomic mass is 35.5. The first-order chi connectivity index (χ1) is 16.2. The van der Waals surface area contributed by atoms with Gasteiger partial charge in [-0.05, 0) is 49.1 Å². The molecule has 0 saturated carbocycles. The van der Waals surface area contributed by atoms with Crippen LogP contribution in [0.3, 0.4) is 0 Å². The molecule has 0 bridgehead atoms. The van der Waals surface area contributed by atoms with Gasteiger partial charge in [-0.15, -0.1) is 0 Å². The molecular weight excluding hydrogens is 474 g/mol. The molecule has 2 aromatic carbocycles. The zero-order valence-corrected chi connectivity index (χ0v) is 21.6. The van der Waals surface area contributed by atoms with E-state index in [1.165, 1.54) is 4.31 Å². The van der Waals surface area contributed by atoms with Crippen LogP contribution in [-0.4, -0.2) is 50.5 Å². The summed E-state index contributed by atoms with van der Waals surface area (Å²) in [5, 5.41) is 3.48. The monoisotopic (exact) mass is 507 g/mol. The molecule has 0 saturated heterocycles. The Labute approximate surface area is 208 Å². The molecule has 1 N–H and O–H groups in total. The number of carbonyl (C=O) groups is 2. The number of rotatable bonds is 13. The van der Waals surface area contributed by atoms with Gasteiger partial charge in [-0.1, -0.05) is 55.8 Å². The summed E-state index contributed by atoms with van der Waals surface area (Å²) in [7, 11) is -3.50. The topological polar surface area (TPSA) is 86.8 Å². The Balaban J connectivity index is 2.17. The van der Waals surface area contributed by atoms with Crippen molar-refractivity contribution in [2.24, 2.45) is 0 Å². The van der Waals surface area contributed by atoms with E-state index >= 15 is 0 Å². The van der Waals surface area contributed by atoms with E-state index in [0.717, 1.165) is 18.2 Å². The van der Waals surface area contributed by atoms with E-state index in [-0.39, 0.29) is 31.3 Å². The van der Waals surface area contributed by atoms with Gasteiger partial charge in [0.05, 0.1) is 11.9 Å². The number of carbonyl (C=O) groups excluding carboxylic acids is 2. The fraction of sp³-hybridized carbons (Fsp3) is 0.440. The summed E-state index contributed by atoms with van der Waals surface area (Å²) in [4.78, 5) is 27.7. The highest BCUT2D eigenvalue weighted by Gasteiger charge is 2.28. The Morgan fingerprint density at radius 3 is 2.24 bits per heavy atom. The summed E-state index contributed by atoms with van der Waals surface area (Å²) in [5.74, 6) is -0.385. The molecule has 0 aliphatic carbocycles. The van der Waals surface area contributed by atoms with Crippen LogP contribution in [0.15, 0.2) is 54.6 Å². The van der Waals surface area contributed by atoms with Crippen LogP contribution in [-0.2, 0) is 26.2 Å². The van der Waals surface area contributed by atoms with Crippen molar-refractivity contribution in [1.29, 1.82) is 0 Å². The third kappa shape index (κ3) is 8.33. The molecule has 0 aromatic heterocycles. The van der Waals surface area contributed by atoms with Crippen molar-refractivity contribution in [2.75, 3.05) is 23.7 Å². The summed E-state index contributed by atoms with van der Waals surface area (Å²) >= 11 is 6.00. The van der Waals surface area contributed by atoms with E-state index in [0.29, 0.717) is 30.1 Å². The van der Waals surface area contributed by atoms with Crippen LogP contribution in [0.25, 0.3) is 0 Å². The van der Waals surface area contributed by atoms with Crippen LogP contribution in [0, 0.1) is 0 Å². The maximum absolute atomic E-state index is 13.3. The molecule has 34 heavy (non-hydrogen) atoms. The molecule has 2 amide bonds. The second-order valence-electron chi connectivity index (χ2n) is 8.14. The quantitative estimate of drug-likeness (QED) is 0.439. The van der Waals surface area contributed by atoms with Crippen LogP contribution >= 0.6 is 11.6 Å². The van der Waals surface area contributed by atoms with E-state index in [1.54, 1.807) is 41.3 Å². The smallest absolute Gasteiger partial charge is 0.242 e. The predicted octanol–water partition coefficient (Wildman–Crippen LogP) is 4.22. The molecule has 9 heteroatoms. The molecule has 2 rings (SSSR count). The summed E-state index contributed by atoms with van der Waals surface area (Å²) in [6, 6.07) is 15.4. The van der Waals surface area contributed by atoms with Gasteiger partial charge in [0.2, 0.25) is 21.8 Å². The van der Waals surface area contributed by atoms with Crippen molar-refractivity contribution >= 4 is 39.1 Å². The van der Waals surface area contributed by atoms with Crippen LogP contribution in [0.2, 0.25) is 5.02 Å². The molecular formula is C25H34ClN3O4S. The first kappa shape index (κ1) is 27.7. The number of nitrogens with zero attached hydrogens (tertiary/aromatic N) is 2. The third-order valence-electron chi connectivity index (χ3n) is 5.40. The summed E-state index contributed by atoms with van der Waals surface area (Å²) in [6.07, 6.45) is 2.86. The number of benzene rings is 2. The molecule has 186 valence electrons. The number of para-hydroxylation sites is 1. The number of sulfonamides is 1. The lowest BCUT2D eigenvalue weighted by Crippen LogP contribution is -2.49. The SMILES string of the molecule is CCCNC(=O)C(CC)N(Cc1ccc(Cl)cc1)C(=O)CCCN(c1ccccc1)S(C)(=O)=O. The Hall–Kier alpha value is -2.58. The van der Waals surface area contributed by atoms with Crippen molar-refractivity contribution in [1.82, 2.24) is 10.2 Å². The van der Waals surface area contributed by atoms with Gasteiger partial charge in [-0.25, -0.2) is 8.42 Å². The second-order valence-corrected chi connectivity index (χ2v) is 10.5. The van der Waals surface area contributed by atoms with E-state index in [1.807, 2.05) is 32.0 Å². The lowest BCUT2D eigenvalue weighted by molar-refractivity contribution is -0.141. The number of anilines is 1. The number of amides is 2. The number of hydrogen-bond donors (Lipinski definition) is 1. The van der Waals surface area contributed by atoms with Gasteiger partial charge in [0.1, 0.15) is 6.04 Å². The number of nitrogens with one attached hydrogen (secondary N) is 1. The van der Waals surface area contributed by atoms with Crippen molar-refractivity contribution in [3.05, 3.63) is 65.2 Å². The van der Waals surface area contributed by atoms with Gasteiger partial charge in [0, 0.05) is 31.1 Å². The highest BCUT2D eigenvalue weighted by Crippen LogP contribution is 2.19. The molecule has 0 spiro atoms. The molecule has 7 nitrogen and oxygen atoms in total. The van der Waals surface area contributed by atoms with Gasteiger partial charge in [0.15, 0.2) is 0 Å². The minimum atomic E-state index is -3.50. The molecule has 1 atom stereocenters. The Morgan fingerprint density at radius 1 is 1.03 bits per heavy atom. The van der Waals surface area contributed by atoms with Crippen molar-refractivity contribution in [3.8, 4) is 0 Å². The fourth-order valence-corrected chi connectivity index (χ4v) is 4.76. The first-order valence-electron chi connectivity index (χ1n) is 11.5. The molecule has 0 aliphatic rings. The number of hydrogen-bond acceptors (Lipinski definition) is 4. The van der Waals surface area contributed by atoms with Crippen LogP contribution in [0.1, 0.15) is 45.1 Å². The maximum Gasteiger partial charge on any atom is 0.242 e. The minimum Gasteiger partial charge on any atom is -0.354 e. The zero-order valence-electron chi connectivity index (χ0n) is 20.0. The Morgan fingerprint density at radius 2 is 1.68 bits per heavy atom. The first-order valence-corrected chi connectivity index (χ1v) is 13.7. The van der Waals surface area contributed by atoms with Crippen LogP contribution in [0.5, 0.6) is 0 Å². The zero-order chi connectivity index (χ0) is 25.1. The number of halogens is 1. The predicted molar refractivity (Wildman–Crippen MR) is 137 cm³/mol. The molecule has 0 heterocycles. The summed E-state index contributed by atoms with van der Waals surface area (Å²) < 4.78 is 25.9. The second kappa shape index (κ2) is 13.3. The minimum absolute atomic E-state index is 0.115. The van der Waals surface area contributed by atoms with E-state index < -0.39 is 16.1 Å². The van der Waals surface area contributed by atoms with Crippen LogP contribution < -0.4 is 9.62 Å². The fourth-order valence-electron chi connectivity index (χ4n) is 3.67. The molecule has 2 aromatic rings. The van der Waals surface area contributed by atoms with E-state index in [9.17, 15) is 18.0 Å².